The Bertz CT molecular complexity index is 720. The van der Waals surface area contributed by atoms with Crippen LogP contribution >= 0.6 is 11.8 Å². The van der Waals surface area contributed by atoms with Crippen LogP contribution in [0.25, 0.3) is 0 Å². The Morgan fingerprint density at radius 2 is 1.92 bits per heavy atom. The molecular formula is C16H16F5N3S. The Balaban J connectivity index is 2.76. The Labute approximate surface area is 146 Å². The maximum atomic E-state index is 13.5. The largest absolute Gasteiger partial charge is 0.433 e. The zero-order chi connectivity index (χ0) is 18.8. The van der Waals surface area contributed by atoms with Crippen LogP contribution in [0.1, 0.15) is 48.4 Å². The lowest BCUT2D eigenvalue weighted by Crippen LogP contribution is -2.20. The van der Waals surface area contributed by atoms with Gasteiger partial charge in [0, 0.05) is 18.7 Å². The first-order valence-electron chi connectivity index (χ1n) is 7.62. The van der Waals surface area contributed by atoms with Crippen LogP contribution in [-0.4, -0.2) is 22.3 Å². The predicted molar refractivity (Wildman–Crippen MR) is 85.9 cm³/mol. The lowest BCUT2D eigenvalue weighted by Gasteiger charge is -2.21. The molecule has 0 aliphatic carbocycles. The topological polar surface area (TPSA) is 49.0 Å². The van der Waals surface area contributed by atoms with Gasteiger partial charge in [0.1, 0.15) is 17.5 Å². The zero-order valence-corrected chi connectivity index (χ0v) is 14.4. The van der Waals surface area contributed by atoms with Gasteiger partial charge in [-0.3, -0.25) is 4.99 Å². The van der Waals surface area contributed by atoms with E-state index in [0.29, 0.717) is 17.3 Å². The number of hydrogen-bond acceptors (Lipinski definition) is 4. The van der Waals surface area contributed by atoms with Gasteiger partial charge < -0.3 is 0 Å². The van der Waals surface area contributed by atoms with E-state index in [9.17, 15) is 27.2 Å². The number of halogens is 5. The smallest absolute Gasteiger partial charge is 0.282 e. The van der Waals surface area contributed by atoms with E-state index in [4.69, 9.17) is 0 Å². The van der Waals surface area contributed by atoms with Gasteiger partial charge in [0.2, 0.25) is 0 Å². The Hall–Kier alpha value is -1.69. The number of thioether (sulfide) groups is 1. The number of nitrogens with zero attached hydrogens (tertiary/aromatic N) is 3. The number of nitriles is 1. The van der Waals surface area contributed by atoms with Crippen molar-refractivity contribution < 1.29 is 22.0 Å². The molecule has 0 saturated heterocycles. The fourth-order valence-electron chi connectivity index (χ4n) is 2.67. The highest BCUT2D eigenvalue weighted by Gasteiger charge is 2.39. The van der Waals surface area contributed by atoms with E-state index in [0.717, 1.165) is 0 Å². The van der Waals surface area contributed by atoms with Crippen LogP contribution < -0.4 is 0 Å². The van der Waals surface area contributed by atoms with Gasteiger partial charge in [-0.2, -0.15) is 18.4 Å². The molecule has 0 unspecified atom stereocenters. The summed E-state index contributed by atoms with van der Waals surface area (Å²) in [5.41, 5.74) is -3.10. The molecule has 1 aliphatic rings. The lowest BCUT2D eigenvalue weighted by molar-refractivity contribution is -0.142. The quantitative estimate of drug-likeness (QED) is 0.693. The van der Waals surface area contributed by atoms with Gasteiger partial charge in [-0.05, 0) is 23.5 Å². The molecule has 2 heterocycles. The second-order valence-corrected chi connectivity index (χ2v) is 7.15. The molecule has 0 saturated carbocycles. The second kappa shape index (κ2) is 7.68. The third kappa shape index (κ3) is 4.48. The number of pyridine rings is 1. The van der Waals surface area contributed by atoms with Gasteiger partial charge >= 0.3 is 6.18 Å². The summed E-state index contributed by atoms with van der Waals surface area (Å²) in [7, 11) is 0. The molecule has 9 heteroatoms. The summed E-state index contributed by atoms with van der Waals surface area (Å²) in [6, 6.07) is 1.64. The molecule has 3 nitrogen and oxygen atoms in total. The maximum Gasteiger partial charge on any atom is 0.433 e. The van der Waals surface area contributed by atoms with E-state index in [-0.39, 0.29) is 29.9 Å². The Morgan fingerprint density at radius 3 is 2.36 bits per heavy atom. The number of alkyl halides is 5. The van der Waals surface area contributed by atoms with Crippen molar-refractivity contribution in [2.45, 2.75) is 39.3 Å². The molecule has 0 radical (unpaired) electrons. The summed E-state index contributed by atoms with van der Waals surface area (Å²) >= 11 is 1.33. The molecule has 0 spiro atoms. The Kier molecular flexibility index (Phi) is 6.03. The van der Waals surface area contributed by atoms with Crippen molar-refractivity contribution in [3.63, 3.8) is 0 Å². The van der Waals surface area contributed by atoms with E-state index in [1.54, 1.807) is 19.9 Å². The highest BCUT2D eigenvalue weighted by atomic mass is 32.2. The van der Waals surface area contributed by atoms with E-state index in [1.807, 2.05) is 0 Å². The molecule has 0 amide bonds. The van der Waals surface area contributed by atoms with Gasteiger partial charge in [0.25, 0.3) is 6.43 Å². The summed E-state index contributed by atoms with van der Waals surface area (Å²) in [6.07, 6.45) is -8.20. The summed E-state index contributed by atoms with van der Waals surface area (Å²) < 4.78 is 66.9. The molecule has 1 aromatic rings. The Morgan fingerprint density at radius 1 is 1.24 bits per heavy atom. The van der Waals surface area contributed by atoms with E-state index in [2.05, 4.69) is 9.98 Å². The summed E-state index contributed by atoms with van der Waals surface area (Å²) in [4.78, 5) is 7.30. The van der Waals surface area contributed by atoms with Gasteiger partial charge in [0.05, 0.1) is 10.6 Å². The SMILES string of the molecule is CC(C)Cc1c(C#N)c(C(F)F)nc(C(F)(F)F)c1CC1=NCCS1. The highest BCUT2D eigenvalue weighted by molar-refractivity contribution is 8.14. The number of aliphatic imine (C=N–C) groups is 1. The van der Waals surface area contributed by atoms with Crippen molar-refractivity contribution in [3.8, 4) is 6.07 Å². The molecule has 0 bridgehead atoms. The maximum absolute atomic E-state index is 13.5. The van der Waals surface area contributed by atoms with Crippen molar-refractivity contribution in [2.24, 2.45) is 10.9 Å². The minimum atomic E-state index is -4.89. The molecular weight excluding hydrogens is 361 g/mol. The molecule has 1 aliphatic heterocycles. The summed E-state index contributed by atoms with van der Waals surface area (Å²) in [5, 5.41) is 9.81. The van der Waals surface area contributed by atoms with Gasteiger partial charge in [-0.1, -0.05) is 13.8 Å². The molecule has 2 rings (SSSR count). The molecule has 25 heavy (non-hydrogen) atoms. The molecule has 0 fully saturated rings. The molecule has 0 N–H and O–H groups in total. The standard InChI is InChI=1S/C16H16F5N3S/c1-8(2)5-9-10(6-12-23-3-4-25-12)14(16(19,20)21)24-13(15(17)18)11(9)7-22/h8,15H,3-6H2,1-2H3. The average molecular weight is 377 g/mol. The van der Waals surface area contributed by atoms with Crippen molar-refractivity contribution >= 4 is 16.8 Å². The first-order chi connectivity index (χ1) is 11.6. The lowest BCUT2D eigenvalue weighted by atomic mass is 9.90. The number of aromatic nitrogens is 1. The first kappa shape index (κ1) is 19.6. The van der Waals surface area contributed by atoms with E-state index >= 15 is 0 Å². The summed E-state index contributed by atoms with van der Waals surface area (Å²) in [6.45, 7) is 4.01. The van der Waals surface area contributed by atoms with Crippen LogP contribution in [0.15, 0.2) is 4.99 Å². The minimum Gasteiger partial charge on any atom is -0.282 e. The monoisotopic (exact) mass is 377 g/mol. The van der Waals surface area contributed by atoms with Gasteiger partial charge in [-0.15, -0.1) is 11.8 Å². The molecule has 0 aromatic carbocycles. The fraction of sp³-hybridized carbons (Fsp3) is 0.562. The second-order valence-electron chi connectivity index (χ2n) is 5.99. The minimum absolute atomic E-state index is 0.00493. The first-order valence-corrected chi connectivity index (χ1v) is 8.60. The van der Waals surface area contributed by atoms with Crippen LogP contribution in [0.2, 0.25) is 0 Å². The van der Waals surface area contributed by atoms with Gasteiger partial charge in [0.15, 0.2) is 0 Å². The van der Waals surface area contributed by atoms with Gasteiger partial charge in [-0.25, -0.2) is 13.8 Å². The third-order valence-electron chi connectivity index (χ3n) is 3.62. The van der Waals surface area contributed by atoms with Crippen molar-refractivity contribution in [1.82, 2.24) is 4.98 Å². The summed E-state index contributed by atoms with van der Waals surface area (Å²) in [5.74, 6) is 0.558. The predicted octanol–water partition coefficient (Wildman–Crippen LogP) is 4.80. The van der Waals surface area contributed by atoms with E-state index in [1.165, 1.54) is 11.8 Å². The zero-order valence-electron chi connectivity index (χ0n) is 13.6. The van der Waals surface area contributed by atoms with Crippen molar-refractivity contribution in [2.75, 3.05) is 12.3 Å². The third-order valence-corrected chi connectivity index (χ3v) is 4.61. The fourth-order valence-corrected chi connectivity index (χ4v) is 3.52. The number of hydrogen-bond donors (Lipinski definition) is 0. The van der Waals surface area contributed by atoms with Crippen LogP contribution in [0.4, 0.5) is 22.0 Å². The van der Waals surface area contributed by atoms with Crippen molar-refractivity contribution in [1.29, 1.82) is 5.26 Å². The molecule has 1 aromatic heterocycles. The average Bonchev–Trinajstić information content (AvgIpc) is 2.99. The van der Waals surface area contributed by atoms with Crippen LogP contribution in [0, 0.1) is 17.2 Å². The molecule has 136 valence electrons. The van der Waals surface area contributed by atoms with Crippen LogP contribution in [0.5, 0.6) is 0 Å². The van der Waals surface area contributed by atoms with Crippen LogP contribution in [-0.2, 0) is 19.0 Å². The molecule has 0 atom stereocenters. The number of rotatable bonds is 5. The van der Waals surface area contributed by atoms with E-state index < -0.39 is 29.6 Å². The van der Waals surface area contributed by atoms with Crippen molar-refractivity contribution in [3.05, 3.63) is 28.1 Å². The highest BCUT2D eigenvalue weighted by Crippen LogP contribution is 2.38. The normalized spacial score (nSPS) is 15.0. The van der Waals surface area contributed by atoms with Crippen LogP contribution in [0.3, 0.4) is 0 Å².